The molecule has 0 bridgehead atoms. The molecule has 0 aromatic heterocycles. The number of halogens is 1. The Kier molecular flexibility index (Phi) is 6.04. The third kappa shape index (κ3) is 4.52. The van der Waals surface area contributed by atoms with Gasteiger partial charge in [-0.05, 0) is 60.9 Å². The van der Waals surface area contributed by atoms with Crippen LogP contribution in [0.15, 0.2) is 72.3 Å². The minimum atomic E-state index is -0.784. The minimum Gasteiger partial charge on any atom is -0.489 e. The molecule has 1 N–H and O–H groups in total. The summed E-state index contributed by atoms with van der Waals surface area (Å²) in [6, 6.07) is 17.5. The highest BCUT2D eigenvalue weighted by atomic mass is 19.1. The van der Waals surface area contributed by atoms with Crippen molar-refractivity contribution in [2.24, 2.45) is 0 Å². The maximum absolute atomic E-state index is 13.7. The van der Waals surface area contributed by atoms with Crippen LogP contribution in [0.3, 0.4) is 0 Å². The molecule has 33 heavy (non-hydrogen) atoms. The molecule has 1 aliphatic rings. The second-order valence-corrected chi connectivity index (χ2v) is 7.63. The molecule has 0 atom stereocenters. The van der Waals surface area contributed by atoms with Gasteiger partial charge < -0.3 is 4.74 Å². The molecule has 0 spiro atoms. The average Bonchev–Trinajstić information content (AvgIpc) is 2.79. The lowest BCUT2D eigenvalue weighted by Crippen LogP contribution is -2.54. The zero-order valence-electron chi connectivity index (χ0n) is 18.1. The van der Waals surface area contributed by atoms with Gasteiger partial charge in [0.25, 0.3) is 11.8 Å². The lowest BCUT2D eigenvalue weighted by molar-refractivity contribution is -0.122. The predicted molar refractivity (Wildman–Crippen MR) is 122 cm³/mol. The van der Waals surface area contributed by atoms with Crippen molar-refractivity contribution in [1.82, 2.24) is 5.32 Å². The maximum Gasteiger partial charge on any atom is 0.335 e. The first kappa shape index (κ1) is 22.0. The van der Waals surface area contributed by atoms with Crippen molar-refractivity contribution in [3.63, 3.8) is 0 Å². The van der Waals surface area contributed by atoms with E-state index in [-0.39, 0.29) is 18.0 Å². The zero-order valence-corrected chi connectivity index (χ0v) is 18.1. The summed E-state index contributed by atoms with van der Waals surface area (Å²) in [7, 11) is 0. The van der Waals surface area contributed by atoms with E-state index in [2.05, 4.69) is 5.32 Å². The third-order valence-corrected chi connectivity index (χ3v) is 5.46. The monoisotopic (exact) mass is 444 g/mol. The van der Waals surface area contributed by atoms with Gasteiger partial charge in [-0.1, -0.05) is 42.5 Å². The van der Waals surface area contributed by atoms with Crippen LogP contribution in [0.5, 0.6) is 5.75 Å². The maximum atomic E-state index is 13.7. The number of carbonyl (C=O) groups excluding carboxylic acids is 3. The van der Waals surface area contributed by atoms with Crippen molar-refractivity contribution < 1.29 is 23.5 Å². The first-order chi connectivity index (χ1) is 15.8. The van der Waals surface area contributed by atoms with E-state index >= 15 is 0 Å². The number of carbonyl (C=O) groups is 3. The summed E-state index contributed by atoms with van der Waals surface area (Å²) in [5.41, 5.74) is 2.96. The third-order valence-electron chi connectivity index (χ3n) is 5.46. The number of urea groups is 1. The molecular weight excluding hydrogens is 423 g/mol. The van der Waals surface area contributed by atoms with Gasteiger partial charge >= 0.3 is 6.03 Å². The Morgan fingerprint density at radius 3 is 2.39 bits per heavy atom. The van der Waals surface area contributed by atoms with E-state index in [4.69, 9.17) is 4.74 Å². The van der Waals surface area contributed by atoms with Gasteiger partial charge in [0.1, 0.15) is 23.7 Å². The quantitative estimate of drug-likeness (QED) is 0.458. The van der Waals surface area contributed by atoms with Gasteiger partial charge in [0.05, 0.1) is 5.69 Å². The lowest BCUT2D eigenvalue weighted by atomic mass is 10.0. The number of aryl methyl sites for hydroxylation is 1. The number of imide groups is 2. The first-order valence-electron chi connectivity index (χ1n) is 10.3. The van der Waals surface area contributed by atoms with Crippen LogP contribution in [0, 0.1) is 19.7 Å². The van der Waals surface area contributed by atoms with Gasteiger partial charge in [-0.25, -0.2) is 14.1 Å². The Morgan fingerprint density at radius 1 is 0.939 bits per heavy atom. The van der Waals surface area contributed by atoms with Crippen molar-refractivity contribution >= 4 is 29.6 Å². The lowest BCUT2D eigenvalue weighted by Gasteiger charge is -2.28. The Balaban J connectivity index is 1.55. The molecule has 4 rings (SSSR count). The van der Waals surface area contributed by atoms with Crippen molar-refractivity contribution in [1.29, 1.82) is 0 Å². The zero-order chi connectivity index (χ0) is 23.5. The molecule has 1 aliphatic heterocycles. The van der Waals surface area contributed by atoms with Crippen molar-refractivity contribution in [2.75, 3.05) is 4.90 Å². The number of nitrogens with one attached hydrogen (secondary N) is 1. The predicted octanol–water partition coefficient (Wildman–Crippen LogP) is 4.69. The van der Waals surface area contributed by atoms with E-state index in [0.717, 1.165) is 16.0 Å². The molecule has 1 heterocycles. The number of amides is 4. The molecule has 1 saturated heterocycles. The van der Waals surface area contributed by atoms with Gasteiger partial charge in [-0.2, -0.15) is 0 Å². The van der Waals surface area contributed by atoms with Crippen LogP contribution in [-0.2, 0) is 16.2 Å². The van der Waals surface area contributed by atoms with Gasteiger partial charge in [0.2, 0.25) is 0 Å². The van der Waals surface area contributed by atoms with E-state index in [1.54, 1.807) is 54.6 Å². The molecule has 0 aliphatic carbocycles. The van der Waals surface area contributed by atoms with E-state index in [9.17, 15) is 18.8 Å². The summed E-state index contributed by atoms with van der Waals surface area (Å²) < 4.78 is 19.3. The van der Waals surface area contributed by atoms with Gasteiger partial charge in [0.15, 0.2) is 0 Å². The molecule has 0 radical (unpaired) electrons. The number of nitrogens with zero attached hydrogens (tertiary/aromatic N) is 1. The molecule has 166 valence electrons. The second-order valence-electron chi connectivity index (χ2n) is 7.63. The normalized spacial score (nSPS) is 15.1. The van der Waals surface area contributed by atoms with E-state index in [1.165, 1.54) is 12.1 Å². The van der Waals surface area contributed by atoms with Crippen LogP contribution in [0.2, 0.25) is 0 Å². The largest absolute Gasteiger partial charge is 0.489 e. The van der Waals surface area contributed by atoms with E-state index < -0.39 is 17.8 Å². The Morgan fingerprint density at radius 2 is 1.67 bits per heavy atom. The van der Waals surface area contributed by atoms with Gasteiger partial charge in [-0.15, -0.1) is 0 Å². The highest BCUT2D eigenvalue weighted by Crippen LogP contribution is 2.27. The van der Waals surface area contributed by atoms with E-state index in [1.807, 2.05) is 19.9 Å². The van der Waals surface area contributed by atoms with Crippen LogP contribution >= 0.6 is 0 Å². The summed E-state index contributed by atoms with van der Waals surface area (Å²) in [4.78, 5) is 38.9. The summed E-state index contributed by atoms with van der Waals surface area (Å²) in [5, 5.41) is 2.23. The van der Waals surface area contributed by atoms with Crippen molar-refractivity contribution in [2.45, 2.75) is 20.5 Å². The van der Waals surface area contributed by atoms with Gasteiger partial charge in [0, 0.05) is 5.56 Å². The molecule has 4 amide bonds. The first-order valence-corrected chi connectivity index (χ1v) is 10.3. The van der Waals surface area contributed by atoms with E-state index in [0.29, 0.717) is 22.6 Å². The topological polar surface area (TPSA) is 75.7 Å². The SMILES string of the molecule is Cc1cccc(N2C(=O)NC(=O)/C(=C\c3ccc(OCc4ccccc4F)cc3)C2=O)c1C. The fourth-order valence-electron chi connectivity index (χ4n) is 3.46. The smallest absolute Gasteiger partial charge is 0.335 e. The average molecular weight is 444 g/mol. The number of rotatable bonds is 5. The molecule has 6 nitrogen and oxygen atoms in total. The van der Waals surface area contributed by atoms with Crippen LogP contribution < -0.4 is 15.0 Å². The Bertz CT molecular complexity index is 1280. The highest BCUT2D eigenvalue weighted by molar-refractivity contribution is 6.39. The number of anilines is 1. The summed E-state index contributed by atoms with van der Waals surface area (Å²) in [5.74, 6) is -1.29. The molecule has 3 aromatic rings. The molecule has 3 aromatic carbocycles. The van der Waals surface area contributed by atoms with Crippen molar-refractivity contribution in [3.8, 4) is 5.75 Å². The van der Waals surface area contributed by atoms with Crippen LogP contribution in [0.4, 0.5) is 14.9 Å². The van der Waals surface area contributed by atoms with Crippen LogP contribution in [0.1, 0.15) is 22.3 Å². The number of hydrogen-bond acceptors (Lipinski definition) is 4. The van der Waals surface area contributed by atoms with Crippen molar-refractivity contribution in [3.05, 3.63) is 100 Å². The number of ether oxygens (including phenoxy) is 1. The molecular formula is C26H21FN2O4. The molecule has 0 unspecified atom stereocenters. The van der Waals surface area contributed by atoms with Crippen LogP contribution in [0.25, 0.3) is 6.08 Å². The number of benzene rings is 3. The Labute approximate surface area is 190 Å². The fourth-order valence-corrected chi connectivity index (χ4v) is 3.46. The highest BCUT2D eigenvalue weighted by Gasteiger charge is 2.37. The number of hydrogen-bond donors (Lipinski definition) is 1. The summed E-state index contributed by atoms with van der Waals surface area (Å²) in [6.07, 6.45) is 1.42. The summed E-state index contributed by atoms with van der Waals surface area (Å²) in [6.45, 7) is 3.76. The molecule has 7 heteroatoms. The van der Waals surface area contributed by atoms with Gasteiger partial charge in [-0.3, -0.25) is 14.9 Å². The molecule has 1 fully saturated rings. The Hall–Kier alpha value is -4.26. The molecule has 0 saturated carbocycles. The summed E-state index contributed by atoms with van der Waals surface area (Å²) >= 11 is 0. The fraction of sp³-hybridized carbons (Fsp3) is 0.115. The second kappa shape index (κ2) is 9.08. The standard InChI is InChI=1S/C26H21FN2O4/c1-16-6-5-9-23(17(16)2)29-25(31)21(24(30)28-26(29)32)14-18-10-12-20(13-11-18)33-15-19-7-3-4-8-22(19)27/h3-14H,15H2,1-2H3,(H,28,30,32)/b21-14+. The number of barbiturate groups is 1. The van der Waals surface area contributed by atoms with Crippen LogP contribution in [-0.4, -0.2) is 17.8 Å². The minimum absolute atomic E-state index is 0.0704.